The molecule has 4 aliphatic heterocycles. The maximum atomic E-state index is 10.4. The molecule has 4 heterocycles. The first-order valence-corrected chi connectivity index (χ1v) is 29.5. The van der Waals surface area contributed by atoms with Crippen molar-refractivity contribution >= 4 is 62.9 Å². The minimum absolute atomic E-state index is 0.0911. The van der Waals surface area contributed by atoms with Gasteiger partial charge in [-0.1, -0.05) is 207 Å². The molecule has 0 N–H and O–H groups in total. The summed E-state index contributed by atoms with van der Waals surface area (Å²) in [6.07, 6.45) is 8.57. The van der Waals surface area contributed by atoms with Crippen LogP contribution in [0, 0.1) is 0 Å². The zero-order chi connectivity index (χ0) is 56.6. The summed E-state index contributed by atoms with van der Waals surface area (Å²) in [6, 6.07) is 43.8. The first-order chi connectivity index (χ1) is 37.6. The van der Waals surface area contributed by atoms with Crippen LogP contribution in [0.2, 0.25) is 0 Å². The Balaban J connectivity index is 1.18. The minimum Gasteiger partial charge on any atom is -0.335 e. The lowest BCUT2D eigenvalue weighted by atomic mass is 9.32. The highest BCUT2D eigenvalue weighted by Gasteiger charge is 2.63. The maximum Gasteiger partial charge on any atom is 0.252 e. The molecule has 3 nitrogen and oxygen atoms in total. The summed E-state index contributed by atoms with van der Waals surface area (Å²) in [4.78, 5) is 8.13. The van der Waals surface area contributed by atoms with Crippen LogP contribution in [0.15, 0.2) is 127 Å². The highest BCUT2D eigenvalue weighted by molar-refractivity contribution is 7.00. The van der Waals surface area contributed by atoms with Crippen LogP contribution in [0.4, 0.5) is 39.8 Å². The molecule has 0 saturated heterocycles. The van der Waals surface area contributed by atoms with E-state index in [0.717, 1.165) is 61.2 Å². The lowest BCUT2D eigenvalue weighted by Gasteiger charge is -2.54. The van der Waals surface area contributed by atoms with Gasteiger partial charge in [-0.25, -0.2) is 0 Å². The van der Waals surface area contributed by atoms with Crippen molar-refractivity contribution in [3.8, 4) is 22.3 Å². The first-order valence-electron chi connectivity index (χ1n) is 31.0. The van der Waals surface area contributed by atoms with Gasteiger partial charge in [0, 0.05) is 55.9 Å². The molecule has 0 aromatic heterocycles. The molecule has 0 radical (unpaired) electrons. The van der Waals surface area contributed by atoms with Crippen LogP contribution in [-0.4, -0.2) is 17.8 Å². The fourth-order valence-electron chi connectivity index (χ4n) is 16.8. The standard InChI is InChI=1S/C73H82BN3/c1-66(2,3)46-29-32-57(52(39-46)45-25-17-16-18-26-45)75-59-34-31-51-50-27-19-20-28-53(50)69(10,11)62(51)64(59)74-56-42-48(68(7,8)9)41-55-65(56)77(73(15)38-24-22-36-71(55,73)13)61-44-49(43-60(75)63(61)74)76-58-33-30-47(67(4,5)6)40-54(58)70(12)35-21-23-37-72(70,76)14/h16-20,25-34,39-44H,21-24,35-38H2,1-15H3/i30D,33D,40D. The third-order valence-electron chi connectivity index (χ3n) is 21.6. The van der Waals surface area contributed by atoms with E-state index in [2.05, 4.69) is 228 Å². The quantitative estimate of drug-likeness (QED) is 0.163. The molecule has 14 rings (SSSR count). The van der Waals surface area contributed by atoms with Gasteiger partial charge in [0.25, 0.3) is 6.71 Å². The van der Waals surface area contributed by atoms with Gasteiger partial charge in [0.05, 0.1) is 20.9 Å². The van der Waals surface area contributed by atoms with E-state index in [-0.39, 0.29) is 46.0 Å². The molecule has 4 unspecified atom stereocenters. The zero-order valence-electron chi connectivity index (χ0n) is 52.0. The Labute approximate surface area is 466 Å². The monoisotopic (exact) mass is 1010 g/mol. The van der Waals surface area contributed by atoms with Gasteiger partial charge in [0.2, 0.25) is 0 Å². The predicted molar refractivity (Wildman–Crippen MR) is 330 cm³/mol. The van der Waals surface area contributed by atoms with Crippen molar-refractivity contribution in [1.29, 1.82) is 0 Å². The Morgan fingerprint density at radius 3 is 1.77 bits per heavy atom. The Bertz CT molecular complexity index is 3850. The number of hydrogen-bond donors (Lipinski definition) is 0. The molecule has 0 bridgehead atoms. The normalized spacial score (nSPS) is 25.7. The second kappa shape index (κ2) is 15.6. The van der Waals surface area contributed by atoms with Crippen LogP contribution in [0.3, 0.4) is 0 Å². The highest BCUT2D eigenvalue weighted by Crippen LogP contribution is 2.66. The van der Waals surface area contributed by atoms with Gasteiger partial charge in [-0.2, -0.15) is 0 Å². The minimum atomic E-state index is -0.478. The first kappa shape index (κ1) is 46.0. The summed E-state index contributed by atoms with van der Waals surface area (Å²) >= 11 is 0. The molecule has 4 heteroatoms. The van der Waals surface area contributed by atoms with E-state index in [1.807, 2.05) is 0 Å². The number of rotatable bonds is 3. The Hall–Kier alpha value is -6.00. The molecule has 77 heavy (non-hydrogen) atoms. The smallest absolute Gasteiger partial charge is 0.252 e. The van der Waals surface area contributed by atoms with Crippen LogP contribution in [0.1, 0.15) is 198 Å². The van der Waals surface area contributed by atoms with Crippen molar-refractivity contribution in [2.24, 2.45) is 0 Å². The van der Waals surface area contributed by atoms with Crippen molar-refractivity contribution in [2.45, 2.75) is 199 Å². The summed E-state index contributed by atoms with van der Waals surface area (Å²) in [5.41, 5.74) is 23.7. The summed E-state index contributed by atoms with van der Waals surface area (Å²) in [6.45, 7) is 35.5. The van der Waals surface area contributed by atoms with E-state index in [1.54, 1.807) is 0 Å². The second-order valence-electron chi connectivity index (χ2n) is 29.3. The lowest BCUT2D eigenvalue weighted by molar-refractivity contribution is 0.194. The van der Waals surface area contributed by atoms with Gasteiger partial charge in [-0.3, -0.25) is 0 Å². The summed E-state index contributed by atoms with van der Waals surface area (Å²) in [7, 11) is 0. The SMILES string of the molecule is [2H]c1c([2H])c(C(C)(C)C)c([2H])c2c1N(c1cc3c4c(c1)N1c5c(cc(C(C)(C)C)cc5C5(C)CCCCC15C)B4c1c(ccc4c1C(C)(C)c1ccccc1-4)N3c1ccc(C(C)(C)C)cc1-c1ccccc1)C1(C)CCCCC21C. The molecule has 4 atom stereocenters. The molecule has 7 aliphatic rings. The maximum absolute atomic E-state index is 10.4. The van der Waals surface area contributed by atoms with Gasteiger partial charge < -0.3 is 14.7 Å². The summed E-state index contributed by atoms with van der Waals surface area (Å²) in [5, 5.41) is 0. The lowest BCUT2D eigenvalue weighted by Crippen LogP contribution is -2.65. The van der Waals surface area contributed by atoms with Crippen molar-refractivity contribution in [2.75, 3.05) is 14.7 Å². The molecule has 392 valence electrons. The van der Waals surface area contributed by atoms with E-state index < -0.39 is 16.4 Å². The number of anilines is 7. The van der Waals surface area contributed by atoms with Crippen LogP contribution < -0.4 is 31.1 Å². The van der Waals surface area contributed by atoms with Crippen molar-refractivity contribution in [3.63, 3.8) is 0 Å². The van der Waals surface area contributed by atoms with Crippen molar-refractivity contribution < 1.29 is 4.11 Å². The predicted octanol–water partition coefficient (Wildman–Crippen LogP) is 17.6. The Morgan fingerprint density at radius 1 is 0.468 bits per heavy atom. The van der Waals surface area contributed by atoms with Gasteiger partial charge in [0.15, 0.2) is 0 Å². The van der Waals surface area contributed by atoms with Crippen LogP contribution >= 0.6 is 0 Å². The van der Waals surface area contributed by atoms with E-state index in [0.29, 0.717) is 11.6 Å². The van der Waals surface area contributed by atoms with Crippen LogP contribution in [0.5, 0.6) is 0 Å². The summed E-state index contributed by atoms with van der Waals surface area (Å²) in [5.74, 6) is 0. The topological polar surface area (TPSA) is 9.72 Å². The molecular formula is C73H82BN3. The van der Waals surface area contributed by atoms with Gasteiger partial charge in [-0.05, 0) is 164 Å². The highest BCUT2D eigenvalue weighted by atomic mass is 15.3. The Kier molecular flexibility index (Phi) is 9.34. The number of hydrogen-bond acceptors (Lipinski definition) is 3. The fourth-order valence-corrected chi connectivity index (χ4v) is 16.8. The van der Waals surface area contributed by atoms with Gasteiger partial charge in [0.1, 0.15) is 0 Å². The number of fused-ring (bicyclic) bond motifs is 14. The number of benzene rings is 7. The third-order valence-corrected chi connectivity index (χ3v) is 21.6. The molecule has 3 aliphatic carbocycles. The molecular weight excluding hydrogens is 930 g/mol. The van der Waals surface area contributed by atoms with E-state index in [1.165, 1.54) is 102 Å². The molecule has 2 saturated carbocycles. The molecule has 2 fully saturated rings. The Morgan fingerprint density at radius 2 is 1.08 bits per heavy atom. The molecule has 7 aromatic carbocycles. The van der Waals surface area contributed by atoms with Crippen molar-refractivity contribution in [1.82, 2.24) is 0 Å². The molecule has 7 aromatic rings. The number of nitrogens with zero attached hydrogens (tertiary/aromatic N) is 3. The fraction of sp³-hybridized carbons (Fsp3) is 0.425. The zero-order valence-corrected chi connectivity index (χ0v) is 49.0. The van der Waals surface area contributed by atoms with Crippen molar-refractivity contribution in [3.05, 3.63) is 166 Å². The average Bonchev–Trinajstić information content (AvgIpc) is 2.79. The molecule has 0 amide bonds. The molecule has 0 spiro atoms. The van der Waals surface area contributed by atoms with E-state index in [4.69, 9.17) is 0 Å². The van der Waals surface area contributed by atoms with E-state index in [9.17, 15) is 4.11 Å². The summed E-state index contributed by atoms with van der Waals surface area (Å²) < 4.78 is 30.6. The largest absolute Gasteiger partial charge is 0.335 e. The van der Waals surface area contributed by atoms with Crippen LogP contribution in [-0.2, 0) is 32.5 Å². The van der Waals surface area contributed by atoms with Gasteiger partial charge >= 0.3 is 0 Å². The van der Waals surface area contributed by atoms with Gasteiger partial charge in [-0.15, -0.1) is 0 Å². The second-order valence-corrected chi connectivity index (χ2v) is 29.3. The van der Waals surface area contributed by atoms with E-state index >= 15 is 0 Å². The van der Waals surface area contributed by atoms with Crippen LogP contribution in [0.25, 0.3) is 22.3 Å². The average molecular weight is 1020 g/mol. The third kappa shape index (κ3) is 6.34.